The lowest BCUT2D eigenvalue weighted by Gasteiger charge is -2.20. The molecule has 5 heteroatoms. The van der Waals surface area contributed by atoms with Crippen molar-refractivity contribution in [2.24, 2.45) is 0 Å². The molecule has 2 atom stereocenters. The molecule has 0 aliphatic rings. The first-order valence-electron chi connectivity index (χ1n) is 8.75. The number of benzene rings is 2. The molecule has 0 saturated carbocycles. The second kappa shape index (κ2) is 11.9. The molecule has 2 aromatic rings. The van der Waals surface area contributed by atoms with Crippen molar-refractivity contribution >= 4 is 35.8 Å². The van der Waals surface area contributed by atoms with E-state index in [0.717, 1.165) is 23.6 Å². The molecule has 0 aliphatic heterocycles. The fraction of sp³-hybridized carbons (Fsp3) is 0.429. The molecule has 26 heavy (non-hydrogen) atoms. The molecule has 2 rings (SSSR count). The predicted molar refractivity (Wildman–Crippen MR) is 117 cm³/mol. The van der Waals surface area contributed by atoms with Crippen molar-refractivity contribution in [3.63, 3.8) is 0 Å². The lowest BCUT2D eigenvalue weighted by Crippen LogP contribution is -2.32. The highest BCUT2D eigenvalue weighted by Gasteiger charge is 2.12. The molecule has 0 spiro atoms. The first-order valence-corrected chi connectivity index (χ1v) is 10.0. The van der Waals surface area contributed by atoms with Crippen LogP contribution in [-0.4, -0.2) is 24.9 Å². The number of hydrogen-bond acceptors (Lipinski definition) is 3. The van der Waals surface area contributed by atoms with Crippen molar-refractivity contribution in [3.8, 4) is 0 Å². The summed E-state index contributed by atoms with van der Waals surface area (Å²) in [5, 5.41) is 4.93. The first kappa shape index (κ1) is 23.3. The molecule has 0 fully saturated rings. The summed E-state index contributed by atoms with van der Waals surface area (Å²) in [6, 6.07) is 17.1. The third kappa shape index (κ3) is 7.89. The summed E-state index contributed by atoms with van der Waals surface area (Å²) in [6.07, 6.45) is 1.00. The van der Waals surface area contributed by atoms with E-state index in [4.69, 9.17) is 16.3 Å². The van der Waals surface area contributed by atoms with Crippen LogP contribution in [0.15, 0.2) is 53.4 Å². The molecule has 0 aromatic heterocycles. The van der Waals surface area contributed by atoms with Crippen LogP contribution in [-0.2, 0) is 11.2 Å². The number of ether oxygens (including phenoxy) is 1. The third-order valence-corrected chi connectivity index (χ3v) is 5.24. The average Bonchev–Trinajstić information content (AvgIpc) is 2.57. The van der Waals surface area contributed by atoms with Gasteiger partial charge in [0.05, 0.1) is 6.10 Å². The highest BCUT2D eigenvalue weighted by atomic mass is 35.5. The van der Waals surface area contributed by atoms with Crippen molar-refractivity contribution in [3.05, 3.63) is 64.7 Å². The molecular weight excluding hydrogens is 385 g/mol. The van der Waals surface area contributed by atoms with Crippen molar-refractivity contribution in [1.29, 1.82) is 0 Å². The molecule has 0 heterocycles. The van der Waals surface area contributed by atoms with Gasteiger partial charge >= 0.3 is 0 Å². The Morgan fingerprint density at radius 1 is 1.08 bits per heavy atom. The zero-order valence-electron chi connectivity index (χ0n) is 15.9. The summed E-state index contributed by atoms with van der Waals surface area (Å²) in [4.78, 5) is 1.33. The minimum atomic E-state index is 0. The minimum Gasteiger partial charge on any atom is -0.375 e. The van der Waals surface area contributed by atoms with Gasteiger partial charge in [0.1, 0.15) is 0 Å². The van der Waals surface area contributed by atoms with E-state index < -0.39 is 0 Å². The molecule has 0 aliphatic carbocycles. The Hall–Kier alpha value is -0.710. The molecule has 2 aromatic carbocycles. The quantitative estimate of drug-likeness (QED) is 0.496. The average molecular weight is 414 g/mol. The Labute approximate surface area is 173 Å². The molecule has 0 saturated heterocycles. The van der Waals surface area contributed by atoms with E-state index in [1.807, 2.05) is 30.0 Å². The molecule has 0 bridgehead atoms. The van der Waals surface area contributed by atoms with Gasteiger partial charge in [0.25, 0.3) is 0 Å². The van der Waals surface area contributed by atoms with E-state index in [9.17, 15) is 0 Å². The summed E-state index contributed by atoms with van der Waals surface area (Å²) in [5.41, 5.74) is 2.45. The van der Waals surface area contributed by atoms with Crippen LogP contribution in [0.1, 0.15) is 38.0 Å². The van der Waals surface area contributed by atoms with E-state index in [-0.39, 0.29) is 18.5 Å². The van der Waals surface area contributed by atoms with Crippen molar-refractivity contribution in [1.82, 2.24) is 5.32 Å². The van der Waals surface area contributed by atoms with Crippen LogP contribution in [0.3, 0.4) is 0 Å². The highest BCUT2D eigenvalue weighted by Crippen LogP contribution is 2.23. The van der Waals surface area contributed by atoms with E-state index >= 15 is 0 Å². The smallest absolute Gasteiger partial charge is 0.0946 e. The lowest BCUT2D eigenvalue weighted by atomic mass is 10.1. The zero-order valence-corrected chi connectivity index (χ0v) is 18.3. The number of nitrogens with one attached hydrogen (secondary N) is 1. The monoisotopic (exact) mass is 413 g/mol. The number of halogens is 2. The van der Waals surface area contributed by atoms with Gasteiger partial charge in [-0.05, 0) is 48.7 Å². The van der Waals surface area contributed by atoms with E-state index in [1.165, 1.54) is 10.5 Å². The summed E-state index contributed by atoms with van der Waals surface area (Å²) < 4.78 is 5.62. The van der Waals surface area contributed by atoms with E-state index in [1.54, 1.807) is 7.11 Å². The van der Waals surface area contributed by atoms with Crippen molar-refractivity contribution in [2.45, 2.75) is 49.5 Å². The molecule has 1 N–H and O–H groups in total. The van der Waals surface area contributed by atoms with Crippen LogP contribution >= 0.6 is 35.8 Å². The Morgan fingerprint density at radius 2 is 1.77 bits per heavy atom. The van der Waals surface area contributed by atoms with Gasteiger partial charge in [-0.1, -0.05) is 49.7 Å². The predicted octanol–water partition coefficient (Wildman–Crippen LogP) is 6.17. The van der Waals surface area contributed by atoms with Crippen LogP contribution in [0.5, 0.6) is 0 Å². The second-order valence-corrected chi connectivity index (χ2v) is 8.69. The van der Waals surface area contributed by atoms with E-state index in [2.05, 4.69) is 56.4 Å². The molecule has 144 valence electrons. The standard InChI is InChI=1S/C21H28ClNOS.ClH/c1-15(2)25-20-10-8-17(9-11-20)12-16(3)23-14-21(24-4)18-6-5-7-19(22)13-18;/h5-11,13,15-16,21,23H,12,14H2,1-4H3;1H. The summed E-state index contributed by atoms with van der Waals surface area (Å²) in [5.74, 6) is 0. The zero-order chi connectivity index (χ0) is 18.2. The second-order valence-electron chi connectivity index (χ2n) is 6.60. The summed E-state index contributed by atoms with van der Waals surface area (Å²) in [7, 11) is 1.74. The third-order valence-electron chi connectivity index (χ3n) is 3.99. The van der Waals surface area contributed by atoms with Crippen LogP contribution in [0.25, 0.3) is 0 Å². The lowest BCUT2D eigenvalue weighted by molar-refractivity contribution is 0.0999. The van der Waals surface area contributed by atoms with Gasteiger partial charge in [0, 0.05) is 34.9 Å². The van der Waals surface area contributed by atoms with Crippen LogP contribution in [0, 0.1) is 0 Å². The van der Waals surface area contributed by atoms with Crippen molar-refractivity contribution < 1.29 is 4.74 Å². The van der Waals surface area contributed by atoms with Gasteiger partial charge in [0.2, 0.25) is 0 Å². The molecule has 0 amide bonds. The maximum atomic E-state index is 6.08. The first-order chi connectivity index (χ1) is 12.0. The van der Waals surface area contributed by atoms with Crippen LogP contribution in [0.2, 0.25) is 5.02 Å². The van der Waals surface area contributed by atoms with Crippen LogP contribution in [0.4, 0.5) is 0 Å². The fourth-order valence-corrected chi connectivity index (χ4v) is 3.79. The number of hydrogen-bond donors (Lipinski definition) is 1. The largest absolute Gasteiger partial charge is 0.375 e. The van der Waals surface area contributed by atoms with Gasteiger partial charge in [-0.3, -0.25) is 0 Å². The Kier molecular flexibility index (Phi) is 10.7. The molecule has 2 nitrogen and oxygen atoms in total. The topological polar surface area (TPSA) is 21.3 Å². The maximum absolute atomic E-state index is 6.08. The summed E-state index contributed by atoms with van der Waals surface area (Å²) in [6.45, 7) is 7.41. The minimum absolute atomic E-state index is 0. The fourth-order valence-electron chi connectivity index (χ4n) is 2.75. The van der Waals surface area contributed by atoms with Gasteiger partial charge in [-0.15, -0.1) is 24.2 Å². The number of methoxy groups -OCH3 is 1. The van der Waals surface area contributed by atoms with Crippen LogP contribution < -0.4 is 5.32 Å². The SMILES string of the molecule is COC(CNC(C)Cc1ccc(SC(C)C)cc1)c1cccc(Cl)c1.Cl. The summed E-state index contributed by atoms with van der Waals surface area (Å²) >= 11 is 7.98. The number of rotatable bonds is 9. The van der Waals surface area contributed by atoms with Gasteiger partial charge < -0.3 is 10.1 Å². The normalized spacial score (nSPS) is 13.3. The number of thioether (sulfide) groups is 1. The Balaban J connectivity index is 0.00000338. The van der Waals surface area contributed by atoms with Gasteiger partial charge in [-0.2, -0.15) is 0 Å². The van der Waals surface area contributed by atoms with E-state index in [0.29, 0.717) is 11.3 Å². The Bertz CT molecular complexity index is 649. The maximum Gasteiger partial charge on any atom is 0.0946 e. The van der Waals surface area contributed by atoms with Gasteiger partial charge in [0.15, 0.2) is 0 Å². The van der Waals surface area contributed by atoms with Crippen molar-refractivity contribution in [2.75, 3.05) is 13.7 Å². The molecule has 0 radical (unpaired) electrons. The molecular formula is C21H29Cl2NOS. The van der Waals surface area contributed by atoms with Gasteiger partial charge in [-0.25, -0.2) is 0 Å². The Morgan fingerprint density at radius 3 is 2.35 bits per heavy atom. The highest BCUT2D eigenvalue weighted by molar-refractivity contribution is 7.99. The molecule has 2 unspecified atom stereocenters.